The number of hydrogen-bond donors (Lipinski definition) is 1. The van der Waals surface area contributed by atoms with E-state index in [1.165, 1.54) is 0 Å². The SMILES string of the molecule is COc1ccc(C(Cc2cccs2)C(=O)O)cc1C. The molecule has 2 aromatic rings. The summed E-state index contributed by atoms with van der Waals surface area (Å²) in [5.41, 5.74) is 1.77. The molecule has 1 unspecified atom stereocenters. The third-order valence-electron chi connectivity index (χ3n) is 3.10. The van der Waals surface area contributed by atoms with E-state index in [4.69, 9.17) is 4.74 Å². The largest absolute Gasteiger partial charge is 0.496 e. The lowest BCUT2D eigenvalue weighted by Gasteiger charge is -2.14. The van der Waals surface area contributed by atoms with Crippen molar-refractivity contribution in [2.75, 3.05) is 7.11 Å². The molecule has 2 rings (SSSR count). The van der Waals surface area contributed by atoms with Gasteiger partial charge in [0, 0.05) is 4.88 Å². The van der Waals surface area contributed by atoms with Gasteiger partial charge in [0.25, 0.3) is 0 Å². The van der Waals surface area contributed by atoms with E-state index in [0.29, 0.717) is 6.42 Å². The molecule has 100 valence electrons. The maximum absolute atomic E-state index is 11.5. The molecule has 1 heterocycles. The van der Waals surface area contributed by atoms with Crippen molar-refractivity contribution >= 4 is 17.3 Å². The second-order valence-corrected chi connectivity index (χ2v) is 5.44. The molecule has 0 aliphatic heterocycles. The molecule has 19 heavy (non-hydrogen) atoms. The second kappa shape index (κ2) is 5.89. The van der Waals surface area contributed by atoms with Gasteiger partial charge in [0.2, 0.25) is 0 Å². The van der Waals surface area contributed by atoms with Crippen LogP contribution in [0.1, 0.15) is 21.9 Å². The maximum Gasteiger partial charge on any atom is 0.311 e. The topological polar surface area (TPSA) is 46.5 Å². The molecule has 0 spiro atoms. The lowest BCUT2D eigenvalue weighted by molar-refractivity contribution is -0.138. The number of ether oxygens (including phenoxy) is 1. The molecule has 0 aliphatic carbocycles. The fourth-order valence-electron chi connectivity index (χ4n) is 2.10. The molecule has 4 heteroatoms. The molecular formula is C15H16O3S. The summed E-state index contributed by atoms with van der Waals surface area (Å²) in [7, 11) is 1.61. The Bertz CT molecular complexity index is 561. The van der Waals surface area contributed by atoms with E-state index in [0.717, 1.165) is 21.8 Å². The van der Waals surface area contributed by atoms with Crippen molar-refractivity contribution in [3.05, 3.63) is 51.7 Å². The molecule has 1 aromatic heterocycles. The van der Waals surface area contributed by atoms with E-state index in [2.05, 4.69) is 0 Å². The Morgan fingerprint density at radius 3 is 2.74 bits per heavy atom. The Morgan fingerprint density at radius 1 is 1.42 bits per heavy atom. The zero-order valence-electron chi connectivity index (χ0n) is 10.9. The minimum atomic E-state index is -0.794. The summed E-state index contributed by atoms with van der Waals surface area (Å²) in [5, 5.41) is 11.4. The van der Waals surface area contributed by atoms with Gasteiger partial charge in [-0.2, -0.15) is 0 Å². The summed E-state index contributed by atoms with van der Waals surface area (Å²) in [6.07, 6.45) is 0.527. The lowest BCUT2D eigenvalue weighted by atomic mass is 9.93. The van der Waals surface area contributed by atoms with Gasteiger partial charge in [-0.3, -0.25) is 4.79 Å². The molecule has 1 aromatic carbocycles. The van der Waals surface area contributed by atoms with Gasteiger partial charge in [0.15, 0.2) is 0 Å². The highest BCUT2D eigenvalue weighted by atomic mass is 32.1. The van der Waals surface area contributed by atoms with Crippen molar-refractivity contribution in [2.24, 2.45) is 0 Å². The van der Waals surface area contributed by atoms with E-state index < -0.39 is 11.9 Å². The first-order chi connectivity index (χ1) is 9.11. The average molecular weight is 276 g/mol. The lowest BCUT2D eigenvalue weighted by Crippen LogP contribution is -2.14. The third-order valence-corrected chi connectivity index (χ3v) is 4.00. The average Bonchev–Trinajstić information content (AvgIpc) is 2.88. The molecule has 0 saturated carbocycles. The van der Waals surface area contributed by atoms with Crippen molar-refractivity contribution in [3.8, 4) is 5.75 Å². The molecule has 1 N–H and O–H groups in total. The minimum Gasteiger partial charge on any atom is -0.496 e. The predicted octanol–water partition coefficient (Wildman–Crippen LogP) is 3.48. The van der Waals surface area contributed by atoms with E-state index in [9.17, 15) is 9.90 Å². The van der Waals surface area contributed by atoms with Crippen molar-refractivity contribution in [3.63, 3.8) is 0 Å². The van der Waals surface area contributed by atoms with Crippen molar-refractivity contribution < 1.29 is 14.6 Å². The molecule has 0 saturated heterocycles. The molecule has 0 aliphatic rings. The number of benzene rings is 1. The van der Waals surface area contributed by atoms with Crippen LogP contribution >= 0.6 is 11.3 Å². The van der Waals surface area contributed by atoms with Crippen LogP contribution in [0.5, 0.6) is 5.75 Å². The van der Waals surface area contributed by atoms with Gasteiger partial charge in [0.1, 0.15) is 5.75 Å². The van der Waals surface area contributed by atoms with Crippen LogP contribution in [-0.2, 0) is 11.2 Å². The van der Waals surface area contributed by atoms with Crippen LogP contribution in [0.2, 0.25) is 0 Å². The van der Waals surface area contributed by atoms with Gasteiger partial charge < -0.3 is 9.84 Å². The summed E-state index contributed by atoms with van der Waals surface area (Å²) in [4.78, 5) is 12.5. The van der Waals surface area contributed by atoms with Gasteiger partial charge in [-0.25, -0.2) is 0 Å². The minimum absolute atomic E-state index is 0.511. The first-order valence-corrected chi connectivity index (χ1v) is 6.89. The van der Waals surface area contributed by atoms with Crippen LogP contribution in [0.4, 0.5) is 0 Å². The fourth-order valence-corrected chi connectivity index (χ4v) is 2.85. The van der Waals surface area contributed by atoms with E-state index in [1.807, 2.05) is 42.6 Å². The molecule has 0 fully saturated rings. The number of thiophene rings is 1. The predicted molar refractivity (Wildman–Crippen MR) is 76.1 cm³/mol. The molecule has 0 bridgehead atoms. The maximum atomic E-state index is 11.5. The second-order valence-electron chi connectivity index (χ2n) is 4.40. The van der Waals surface area contributed by atoms with Gasteiger partial charge in [0.05, 0.1) is 13.0 Å². The van der Waals surface area contributed by atoms with Crippen LogP contribution < -0.4 is 4.74 Å². The van der Waals surface area contributed by atoms with E-state index in [-0.39, 0.29) is 0 Å². The molecule has 3 nitrogen and oxygen atoms in total. The van der Waals surface area contributed by atoms with Crippen LogP contribution in [0.15, 0.2) is 35.7 Å². The highest BCUT2D eigenvalue weighted by Gasteiger charge is 2.21. The van der Waals surface area contributed by atoms with Crippen LogP contribution in [0.3, 0.4) is 0 Å². The Morgan fingerprint density at radius 2 is 2.21 bits per heavy atom. The summed E-state index contributed by atoms with van der Waals surface area (Å²) in [6, 6.07) is 9.47. The normalized spacial score (nSPS) is 12.1. The fraction of sp³-hybridized carbons (Fsp3) is 0.267. The summed E-state index contributed by atoms with van der Waals surface area (Å²) >= 11 is 1.59. The molecule has 0 amide bonds. The number of aryl methyl sites for hydroxylation is 1. The van der Waals surface area contributed by atoms with Gasteiger partial charge in [-0.15, -0.1) is 11.3 Å². The zero-order valence-corrected chi connectivity index (χ0v) is 11.7. The Kier molecular flexibility index (Phi) is 4.22. The van der Waals surface area contributed by atoms with Crippen LogP contribution in [0, 0.1) is 6.92 Å². The van der Waals surface area contributed by atoms with E-state index >= 15 is 0 Å². The first-order valence-electron chi connectivity index (χ1n) is 6.01. The van der Waals surface area contributed by atoms with Gasteiger partial charge in [-0.1, -0.05) is 18.2 Å². The molecule has 0 radical (unpaired) electrons. The summed E-state index contributed by atoms with van der Waals surface area (Å²) in [5.74, 6) is -0.523. The Balaban J connectivity index is 2.29. The first kappa shape index (κ1) is 13.6. The van der Waals surface area contributed by atoms with Crippen molar-refractivity contribution in [2.45, 2.75) is 19.3 Å². The number of methoxy groups -OCH3 is 1. The number of carboxylic acid groups (broad SMARTS) is 1. The number of aliphatic carboxylic acids is 1. The summed E-state index contributed by atoms with van der Waals surface area (Å²) in [6.45, 7) is 1.92. The standard InChI is InChI=1S/C15H16O3S/c1-10-8-11(5-6-14(10)18-2)13(15(16)17)9-12-4-3-7-19-12/h3-8,13H,9H2,1-2H3,(H,16,17). The smallest absolute Gasteiger partial charge is 0.311 e. The quantitative estimate of drug-likeness (QED) is 0.909. The number of hydrogen-bond acceptors (Lipinski definition) is 3. The zero-order chi connectivity index (χ0) is 13.8. The Hall–Kier alpha value is -1.81. The van der Waals surface area contributed by atoms with Gasteiger partial charge in [-0.05, 0) is 42.0 Å². The highest BCUT2D eigenvalue weighted by Crippen LogP contribution is 2.27. The number of carboxylic acids is 1. The van der Waals surface area contributed by atoms with Gasteiger partial charge >= 0.3 is 5.97 Å². The van der Waals surface area contributed by atoms with E-state index in [1.54, 1.807) is 18.4 Å². The number of rotatable bonds is 5. The Labute approximate surface area is 116 Å². The third kappa shape index (κ3) is 3.15. The van der Waals surface area contributed by atoms with Crippen molar-refractivity contribution in [1.82, 2.24) is 0 Å². The monoisotopic (exact) mass is 276 g/mol. The highest BCUT2D eigenvalue weighted by molar-refractivity contribution is 7.09. The number of carbonyl (C=O) groups is 1. The van der Waals surface area contributed by atoms with Crippen molar-refractivity contribution in [1.29, 1.82) is 0 Å². The van der Waals surface area contributed by atoms with Crippen LogP contribution in [-0.4, -0.2) is 18.2 Å². The molecule has 1 atom stereocenters. The van der Waals surface area contributed by atoms with Crippen LogP contribution in [0.25, 0.3) is 0 Å². The molecular weight excluding hydrogens is 260 g/mol. The summed E-state index contributed by atoms with van der Waals surface area (Å²) < 4.78 is 5.20.